The molecule has 2 aromatic carbocycles. The van der Waals surface area contributed by atoms with Crippen LogP contribution >= 0.6 is 0 Å². The minimum absolute atomic E-state index is 0.160. The number of carbonyl (C=O) groups is 2. The van der Waals surface area contributed by atoms with Gasteiger partial charge in [-0.05, 0) is 43.2 Å². The smallest absolute Gasteiger partial charge is 0.307 e. The van der Waals surface area contributed by atoms with Crippen molar-refractivity contribution in [3.8, 4) is 5.75 Å². The van der Waals surface area contributed by atoms with Gasteiger partial charge in [0.15, 0.2) is 0 Å². The number of nitrogens with zero attached hydrogens (tertiary/aromatic N) is 1. The van der Waals surface area contributed by atoms with Gasteiger partial charge in [0.25, 0.3) is 0 Å². The number of carbonyl (C=O) groups excluding carboxylic acids is 2. The lowest BCUT2D eigenvalue weighted by molar-refractivity contribution is -0.143. The van der Waals surface area contributed by atoms with Crippen molar-refractivity contribution >= 4 is 18.0 Å². The molecule has 2 aromatic rings. The summed E-state index contributed by atoms with van der Waals surface area (Å²) < 4.78 is 10.2. The quantitative estimate of drug-likeness (QED) is 0.487. The van der Waals surface area contributed by atoms with E-state index in [1.165, 1.54) is 6.08 Å². The van der Waals surface area contributed by atoms with Gasteiger partial charge in [0.1, 0.15) is 5.75 Å². The van der Waals surface area contributed by atoms with E-state index in [2.05, 4.69) is 0 Å². The Labute approximate surface area is 166 Å². The van der Waals surface area contributed by atoms with Crippen LogP contribution in [0.15, 0.2) is 54.6 Å². The molecule has 2 rings (SSSR count). The summed E-state index contributed by atoms with van der Waals surface area (Å²) in [6.45, 7) is 4.85. The van der Waals surface area contributed by atoms with Gasteiger partial charge in [0.2, 0.25) is 5.91 Å². The van der Waals surface area contributed by atoms with Crippen molar-refractivity contribution < 1.29 is 19.1 Å². The summed E-state index contributed by atoms with van der Waals surface area (Å²) in [4.78, 5) is 26.1. The number of ether oxygens (including phenoxy) is 2. The van der Waals surface area contributed by atoms with Crippen molar-refractivity contribution in [3.05, 3.63) is 71.3 Å². The Morgan fingerprint density at radius 3 is 2.54 bits per heavy atom. The van der Waals surface area contributed by atoms with Gasteiger partial charge < -0.3 is 14.4 Å². The highest BCUT2D eigenvalue weighted by molar-refractivity contribution is 5.92. The molecular formula is C23H27NO4. The number of benzene rings is 2. The first-order chi connectivity index (χ1) is 13.5. The molecule has 0 aliphatic heterocycles. The Bertz CT molecular complexity index is 812. The Kier molecular flexibility index (Phi) is 8.28. The van der Waals surface area contributed by atoms with Crippen LogP contribution < -0.4 is 4.74 Å². The topological polar surface area (TPSA) is 55.8 Å². The van der Waals surface area contributed by atoms with Crippen molar-refractivity contribution in [3.63, 3.8) is 0 Å². The van der Waals surface area contributed by atoms with Gasteiger partial charge >= 0.3 is 5.97 Å². The van der Waals surface area contributed by atoms with Gasteiger partial charge in [0.05, 0.1) is 20.1 Å². The second-order valence-corrected chi connectivity index (χ2v) is 6.41. The van der Waals surface area contributed by atoms with Crippen molar-refractivity contribution in [1.82, 2.24) is 4.90 Å². The molecule has 0 spiro atoms. The first-order valence-electron chi connectivity index (χ1n) is 9.34. The van der Waals surface area contributed by atoms with Crippen LogP contribution in [0.3, 0.4) is 0 Å². The normalized spacial score (nSPS) is 10.7. The van der Waals surface area contributed by atoms with E-state index in [0.717, 1.165) is 22.4 Å². The molecular weight excluding hydrogens is 354 g/mol. The number of hydrogen-bond acceptors (Lipinski definition) is 4. The number of esters is 1. The monoisotopic (exact) mass is 381 g/mol. The zero-order valence-electron chi connectivity index (χ0n) is 16.7. The van der Waals surface area contributed by atoms with E-state index in [4.69, 9.17) is 9.47 Å². The van der Waals surface area contributed by atoms with Gasteiger partial charge in [-0.3, -0.25) is 9.59 Å². The largest absolute Gasteiger partial charge is 0.497 e. The fourth-order valence-electron chi connectivity index (χ4n) is 2.66. The molecule has 0 unspecified atom stereocenters. The van der Waals surface area contributed by atoms with Crippen molar-refractivity contribution in [2.45, 2.75) is 26.8 Å². The second kappa shape index (κ2) is 10.9. The van der Waals surface area contributed by atoms with Gasteiger partial charge in [-0.1, -0.05) is 42.0 Å². The van der Waals surface area contributed by atoms with Crippen molar-refractivity contribution in [2.24, 2.45) is 0 Å². The number of methoxy groups -OCH3 is 1. The predicted molar refractivity (Wildman–Crippen MR) is 110 cm³/mol. The summed E-state index contributed by atoms with van der Waals surface area (Å²) in [5, 5.41) is 0. The summed E-state index contributed by atoms with van der Waals surface area (Å²) in [7, 11) is 1.60. The molecule has 5 nitrogen and oxygen atoms in total. The van der Waals surface area contributed by atoms with Crippen LogP contribution in [0.2, 0.25) is 0 Å². The maximum atomic E-state index is 12.8. The summed E-state index contributed by atoms with van der Waals surface area (Å²) in [6.07, 6.45) is 3.43. The van der Waals surface area contributed by atoms with Crippen LogP contribution in [0.5, 0.6) is 5.75 Å². The maximum absolute atomic E-state index is 12.8. The van der Waals surface area contributed by atoms with E-state index in [-0.39, 0.29) is 18.3 Å². The minimum Gasteiger partial charge on any atom is -0.497 e. The van der Waals surface area contributed by atoms with E-state index in [9.17, 15) is 9.59 Å². The molecule has 0 aliphatic rings. The third-order valence-electron chi connectivity index (χ3n) is 4.21. The van der Waals surface area contributed by atoms with Crippen LogP contribution in [0, 0.1) is 6.92 Å². The molecule has 0 radical (unpaired) electrons. The lowest BCUT2D eigenvalue weighted by atomic mass is 10.1. The van der Waals surface area contributed by atoms with Crippen LogP contribution in [-0.4, -0.2) is 37.0 Å². The lowest BCUT2D eigenvalue weighted by Gasteiger charge is -2.21. The molecule has 0 heterocycles. The zero-order chi connectivity index (χ0) is 20.4. The minimum atomic E-state index is -0.305. The van der Waals surface area contributed by atoms with E-state index in [1.54, 1.807) is 25.0 Å². The average molecular weight is 381 g/mol. The number of hydrogen-bond donors (Lipinski definition) is 0. The molecule has 0 aromatic heterocycles. The fourth-order valence-corrected chi connectivity index (χ4v) is 2.66. The van der Waals surface area contributed by atoms with Crippen LogP contribution in [-0.2, 0) is 20.9 Å². The lowest BCUT2D eigenvalue weighted by Crippen LogP contribution is -2.31. The summed E-state index contributed by atoms with van der Waals surface area (Å²) in [6, 6.07) is 15.5. The molecule has 0 saturated heterocycles. The van der Waals surface area contributed by atoms with Crippen LogP contribution in [0.1, 0.15) is 30.0 Å². The third-order valence-corrected chi connectivity index (χ3v) is 4.21. The Balaban J connectivity index is 2.10. The molecule has 1 amide bonds. The molecule has 0 saturated carbocycles. The molecule has 0 bridgehead atoms. The third kappa shape index (κ3) is 6.91. The van der Waals surface area contributed by atoms with Crippen molar-refractivity contribution in [1.29, 1.82) is 0 Å². The summed E-state index contributed by atoms with van der Waals surface area (Å²) >= 11 is 0. The summed E-state index contributed by atoms with van der Waals surface area (Å²) in [5.74, 6) is 0.266. The molecule has 0 atom stereocenters. The molecule has 0 N–H and O–H groups in total. The zero-order valence-corrected chi connectivity index (χ0v) is 16.7. The first kappa shape index (κ1) is 21.2. The Hall–Kier alpha value is -3.08. The van der Waals surface area contributed by atoms with Crippen LogP contribution in [0.4, 0.5) is 0 Å². The average Bonchev–Trinajstić information content (AvgIpc) is 2.71. The van der Waals surface area contributed by atoms with E-state index >= 15 is 0 Å². The Morgan fingerprint density at radius 1 is 1.11 bits per heavy atom. The highest BCUT2D eigenvalue weighted by Gasteiger charge is 2.14. The molecule has 0 aliphatic carbocycles. The van der Waals surface area contributed by atoms with E-state index < -0.39 is 0 Å². The fraction of sp³-hybridized carbons (Fsp3) is 0.304. The first-order valence-corrected chi connectivity index (χ1v) is 9.34. The maximum Gasteiger partial charge on any atom is 0.307 e. The molecule has 0 fully saturated rings. The van der Waals surface area contributed by atoms with E-state index in [0.29, 0.717) is 19.7 Å². The van der Waals surface area contributed by atoms with Crippen LogP contribution in [0.25, 0.3) is 6.08 Å². The standard InChI is InChI=1S/C23H27NO4/c1-4-28-23(26)14-15-24(17-20-10-8-18(2)9-11-20)22(25)13-12-19-6-5-7-21(16-19)27-3/h5-13,16H,4,14-15,17H2,1-3H3/b13-12+. The Morgan fingerprint density at radius 2 is 1.86 bits per heavy atom. The second-order valence-electron chi connectivity index (χ2n) is 6.41. The van der Waals surface area contributed by atoms with Gasteiger partial charge in [-0.25, -0.2) is 0 Å². The highest BCUT2D eigenvalue weighted by atomic mass is 16.5. The summed E-state index contributed by atoms with van der Waals surface area (Å²) in [5.41, 5.74) is 3.04. The van der Waals surface area contributed by atoms with Gasteiger partial charge in [0, 0.05) is 19.2 Å². The molecule has 148 valence electrons. The molecule has 5 heteroatoms. The SMILES string of the molecule is CCOC(=O)CCN(Cc1ccc(C)cc1)C(=O)/C=C/c1cccc(OC)c1. The van der Waals surface area contributed by atoms with Crippen molar-refractivity contribution in [2.75, 3.05) is 20.3 Å². The highest BCUT2D eigenvalue weighted by Crippen LogP contribution is 2.14. The molecule has 28 heavy (non-hydrogen) atoms. The predicted octanol–water partition coefficient (Wildman–Crippen LogP) is 4.00. The van der Waals surface area contributed by atoms with Gasteiger partial charge in [-0.2, -0.15) is 0 Å². The number of aryl methyl sites for hydroxylation is 1. The van der Waals surface area contributed by atoms with Gasteiger partial charge in [-0.15, -0.1) is 0 Å². The number of amides is 1. The number of rotatable bonds is 9. The van der Waals surface area contributed by atoms with E-state index in [1.807, 2.05) is 55.5 Å².